The van der Waals surface area contributed by atoms with Crippen LogP contribution in [0.25, 0.3) is 6.08 Å². The lowest BCUT2D eigenvalue weighted by Crippen LogP contribution is -2.56. The quantitative estimate of drug-likeness (QED) is 0.328. The summed E-state index contributed by atoms with van der Waals surface area (Å²) in [5.74, 6) is 0.221. The highest BCUT2D eigenvalue weighted by Gasteiger charge is 2.73. The number of hydrogen-bond acceptors (Lipinski definition) is 4. The van der Waals surface area contributed by atoms with Crippen molar-refractivity contribution in [1.82, 2.24) is 4.98 Å². The van der Waals surface area contributed by atoms with E-state index in [1.54, 1.807) is 19.1 Å². The number of alkyl halides is 6. The minimum Gasteiger partial charge on any atom is -0.439 e. The molecule has 1 heterocycles. The Kier molecular flexibility index (Phi) is 7.72. The fraction of sp³-hybridized carbons (Fsp3) is 0.381. The smallest absolute Gasteiger partial charge is 0.430 e. The van der Waals surface area contributed by atoms with Gasteiger partial charge in [-0.2, -0.15) is 26.3 Å². The summed E-state index contributed by atoms with van der Waals surface area (Å²) in [6.07, 6.45) is -7.94. The van der Waals surface area contributed by atoms with E-state index in [1.165, 1.54) is 12.3 Å². The van der Waals surface area contributed by atoms with Gasteiger partial charge in [-0.1, -0.05) is 32.1 Å². The van der Waals surface area contributed by atoms with Crippen molar-refractivity contribution < 1.29 is 40.6 Å². The van der Waals surface area contributed by atoms with Crippen LogP contribution in [0.3, 0.4) is 0 Å². The van der Waals surface area contributed by atoms with Crippen LogP contribution in [0.15, 0.2) is 43.1 Å². The summed E-state index contributed by atoms with van der Waals surface area (Å²) >= 11 is 0. The Morgan fingerprint density at radius 1 is 1.03 bits per heavy atom. The molecule has 1 aromatic heterocycles. The van der Waals surface area contributed by atoms with Crippen LogP contribution < -0.4 is 4.74 Å². The second-order valence-electron chi connectivity index (χ2n) is 6.54. The number of aromatic nitrogens is 1. The van der Waals surface area contributed by atoms with Crippen molar-refractivity contribution in [2.45, 2.75) is 37.7 Å². The molecule has 31 heavy (non-hydrogen) atoms. The van der Waals surface area contributed by atoms with E-state index in [-0.39, 0.29) is 23.6 Å². The highest BCUT2D eigenvalue weighted by atomic mass is 19.4. The molecule has 2 aromatic rings. The topological polar surface area (TPSA) is 40.6 Å². The molecule has 10 heteroatoms. The van der Waals surface area contributed by atoms with Gasteiger partial charge < -0.3 is 14.2 Å². The molecule has 0 bridgehead atoms. The SMILES string of the molecule is C=Cc1ccc(Oc2ccc(C(OCOC)(C(F)(F)F)C(F)(F)F)cc2CCC)nc1. The van der Waals surface area contributed by atoms with Crippen molar-refractivity contribution in [3.8, 4) is 11.6 Å². The third-order valence-electron chi connectivity index (χ3n) is 4.39. The van der Waals surface area contributed by atoms with E-state index >= 15 is 0 Å². The summed E-state index contributed by atoms with van der Waals surface area (Å²) in [6.45, 7) is 4.11. The van der Waals surface area contributed by atoms with Gasteiger partial charge in [0.05, 0.1) is 0 Å². The number of rotatable bonds is 9. The molecule has 0 atom stereocenters. The molecule has 1 aromatic carbocycles. The summed E-state index contributed by atoms with van der Waals surface area (Å²) in [6, 6.07) is 5.70. The van der Waals surface area contributed by atoms with Crippen molar-refractivity contribution in [1.29, 1.82) is 0 Å². The molecule has 2 rings (SSSR count). The number of pyridine rings is 1. The third-order valence-corrected chi connectivity index (χ3v) is 4.39. The fourth-order valence-electron chi connectivity index (χ4n) is 2.93. The van der Waals surface area contributed by atoms with Gasteiger partial charge in [0.2, 0.25) is 5.88 Å². The van der Waals surface area contributed by atoms with Crippen molar-refractivity contribution in [2.24, 2.45) is 0 Å². The van der Waals surface area contributed by atoms with Gasteiger partial charge in [0, 0.05) is 24.9 Å². The monoisotopic (exact) mass is 449 g/mol. The van der Waals surface area contributed by atoms with Gasteiger partial charge in [-0.3, -0.25) is 0 Å². The number of halogens is 6. The van der Waals surface area contributed by atoms with Crippen LogP contribution in [0.4, 0.5) is 26.3 Å². The van der Waals surface area contributed by atoms with E-state index < -0.39 is 30.3 Å². The molecule has 0 amide bonds. The average molecular weight is 449 g/mol. The zero-order valence-electron chi connectivity index (χ0n) is 16.8. The first-order chi connectivity index (χ1) is 14.5. The van der Waals surface area contributed by atoms with Gasteiger partial charge in [-0.25, -0.2) is 4.98 Å². The molecular weight excluding hydrogens is 428 g/mol. The van der Waals surface area contributed by atoms with Gasteiger partial charge in [-0.05, 0) is 35.7 Å². The average Bonchev–Trinajstić information content (AvgIpc) is 2.69. The highest BCUT2D eigenvalue weighted by molar-refractivity contribution is 5.47. The second-order valence-corrected chi connectivity index (χ2v) is 6.54. The van der Waals surface area contributed by atoms with Crippen molar-refractivity contribution >= 4 is 6.08 Å². The van der Waals surface area contributed by atoms with Crippen molar-refractivity contribution in [3.05, 3.63) is 59.8 Å². The second kappa shape index (κ2) is 9.69. The maximum Gasteiger partial charge on any atom is 0.430 e. The molecule has 0 aliphatic rings. The van der Waals surface area contributed by atoms with E-state index in [0.29, 0.717) is 18.1 Å². The van der Waals surface area contributed by atoms with Gasteiger partial charge >= 0.3 is 12.4 Å². The van der Waals surface area contributed by atoms with E-state index in [0.717, 1.165) is 19.2 Å². The minimum absolute atomic E-state index is 0.0921. The minimum atomic E-state index is -5.79. The number of benzene rings is 1. The Bertz CT molecular complexity index is 864. The highest BCUT2D eigenvalue weighted by Crippen LogP contribution is 2.53. The molecule has 4 nitrogen and oxygen atoms in total. The predicted octanol–water partition coefficient (Wildman–Crippen LogP) is 6.41. The molecule has 0 saturated carbocycles. The number of methoxy groups -OCH3 is 1. The van der Waals surface area contributed by atoms with E-state index in [9.17, 15) is 26.3 Å². The zero-order chi connectivity index (χ0) is 23.3. The molecule has 0 fully saturated rings. The van der Waals surface area contributed by atoms with Crippen LogP contribution in [0, 0.1) is 0 Å². The Labute approximate surface area is 175 Å². The fourth-order valence-corrected chi connectivity index (χ4v) is 2.93. The molecule has 0 N–H and O–H groups in total. The Hall–Kier alpha value is -2.59. The lowest BCUT2D eigenvalue weighted by Gasteiger charge is -2.37. The Morgan fingerprint density at radius 3 is 2.19 bits per heavy atom. The van der Waals surface area contributed by atoms with Crippen LogP contribution in [-0.4, -0.2) is 31.2 Å². The Morgan fingerprint density at radius 2 is 1.71 bits per heavy atom. The van der Waals surface area contributed by atoms with Crippen LogP contribution in [0.5, 0.6) is 11.6 Å². The summed E-state index contributed by atoms with van der Waals surface area (Å²) in [7, 11) is 0.932. The number of aryl methyl sites for hydroxylation is 1. The lowest BCUT2D eigenvalue weighted by atomic mass is 9.89. The molecule has 0 aliphatic heterocycles. The Balaban J connectivity index is 2.58. The number of ether oxygens (including phenoxy) is 3. The molecular formula is C21H21F6NO3. The molecule has 0 unspecified atom stereocenters. The largest absolute Gasteiger partial charge is 0.439 e. The maximum atomic E-state index is 13.8. The van der Waals surface area contributed by atoms with Gasteiger partial charge in [0.25, 0.3) is 5.60 Å². The molecule has 0 radical (unpaired) electrons. The molecule has 0 aliphatic carbocycles. The van der Waals surface area contributed by atoms with Crippen LogP contribution in [0.2, 0.25) is 0 Å². The zero-order valence-corrected chi connectivity index (χ0v) is 16.8. The van der Waals surface area contributed by atoms with Crippen LogP contribution >= 0.6 is 0 Å². The normalized spacial score (nSPS) is 12.6. The summed E-state index contributed by atoms with van der Waals surface area (Å²) in [5, 5.41) is 0. The van der Waals surface area contributed by atoms with Crippen LogP contribution in [-0.2, 0) is 21.5 Å². The van der Waals surface area contributed by atoms with E-state index in [2.05, 4.69) is 21.0 Å². The first kappa shape index (κ1) is 24.7. The lowest BCUT2D eigenvalue weighted by molar-refractivity contribution is -0.400. The molecule has 0 saturated heterocycles. The van der Waals surface area contributed by atoms with E-state index in [4.69, 9.17) is 4.74 Å². The first-order valence-corrected chi connectivity index (χ1v) is 9.16. The third kappa shape index (κ3) is 5.19. The molecule has 170 valence electrons. The first-order valence-electron chi connectivity index (χ1n) is 9.16. The van der Waals surface area contributed by atoms with Gasteiger partial charge in [-0.15, -0.1) is 0 Å². The molecule has 0 spiro atoms. The summed E-state index contributed by atoms with van der Waals surface area (Å²) in [5.41, 5.74) is -4.81. The van der Waals surface area contributed by atoms with E-state index in [1.807, 2.05) is 0 Å². The summed E-state index contributed by atoms with van der Waals surface area (Å²) < 4.78 is 96.8. The van der Waals surface area contributed by atoms with Crippen molar-refractivity contribution in [2.75, 3.05) is 13.9 Å². The van der Waals surface area contributed by atoms with Gasteiger partial charge in [0.1, 0.15) is 12.5 Å². The van der Waals surface area contributed by atoms with Crippen molar-refractivity contribution in [3.63, 3.8) is 0 Å². The number of nitrogens with zero attached hydrogens (tertiary/aromatic N) is 1. The predicted molar refractivity (Wildman–Crippen MR) is 102 cm³/mol. The number of hydrogen-bond donors (Lipinski definition) is 0. The maximum absolute atomic E-state index is 13.8. The van der Waals surface area contributed by atoms with Crippen LogP contribution in [0.1, 0.15) is 30.0 Å². The van der Waals surface area contributed by atoms with Gasteiger partial charge in [0.15, 0.2) is 0 Å². The summed E-state index contributed by atoms with van der Waals surface area (Å²) in [4.78, 5) is 4.04. The standard InChI is InChI=1S/C21H21F6NO3/c1-4-6-15-11-16(19(20(22,23)24,21(25,26)27)30-13-29-3)8-9-17(15)31-18-10-7-14(5-2)12-28-18/h5,7-12H,2,4,6,13H2,1,3H3.